The first-order chi connectivity index (χ1) is 6.11. The molecule has 0 saturated heterocycles. The molecular weight excluding hydrogens is 158 g/mol. The summed E-state index contributed by atoms with van der Waals surface area (Å²) in [6.07, 6.45) is 0. The largest absolute Gasteiger partial charge is 0.206 e. The van der Waals surface area contributed by atoms with Crippen molar-refractivity contribution in [2.45, 2.75) is 27.7 Å². The van der Waals surface area contributed by atoms with Crippen LogP contribution in [0.1, 0.15) is 25.0 Å². The molecule has 68 valence electrons. The Morgan fingerprint density at radius 1 is 1.15 bits per heavy atom. The van der Waals surface area contributed by atoms with Crippen LogP contribution in [0.5, 0.6) is 0 Å². The fraction of sp³-hybridized carbons (Fsp3) is 0.333. The summed E-state index contributed by atoms with van der Waals surface area (Å²) in [7, 11) is 0. The van der Waals surface area contributed by atoms with Gasteiger partial charge in [-0.25, -0.2) is 4.99 Å². The zero-order valence-corrected chi connectivity index (χ0v) is 8.68. The van der Waals surface area contributed by atoms with Gasteiger partial charge in [0, 0.05) is 0 Å². The van der Waals surface area contributed by atoms with Crippen molar-refractivity contribution < 1.29 is 0 Å². The van der Waals surface area contributed by atoms with Crippen molar-refractivity contribution in [2.24, 2.45) is 4.99 Å². The molecule has 0 aliphatic rings. The van der Waals surface area contributed by atoms with E-state index in [4.69, 9.17) is 0 Å². The molecule has 1 aromatic carbocycles. The van der Waals surface area contributed by atoms with E-state index in [0.29, 0.717) is 0 Å². The first-order valence-electron chi connectivity index (χ1n) is 4.44. The molecule has 0 fully saturated rings. The number of para-hydroxylation sites is 1. The van der Waals surface area contributed by atoms with Crippen LogP contribution in [-0.2, 0) is 0 Å². The second-order valence-corrected chi connectivity index (χ2v) is 3.46. The first kappa shape index (κ1) is 9.76. The molecule has 0 unspecified atom stereocenters. The molecule has 13 heavy (non-hydrogen) atoms. The molecule has 0 saturated carbocycles. The van der Waals surface area contributed by atoms with Crippen LogP contribution < -0.4 is 0 Å². The average molecular weight is 173 g/mol. The van der Waals surface area contributed by atoms with E-state index in [2.05, 4.69) is 36.8 Å². The summed E-state index contributed by atoms with van der Waals surface area (Å²) in [4.78, 5) is 4.32. The van der Waals surface area contributed by atoms with E-state index in [-0.39, 0.29) is 0 Å². The van der Waals surface area contributed by atoms with Crippen LogP contribution in [0.4, 0.5) is 5.69 Å². The minimum absolute atomic E-state index is 1.05. The Morgan fingerprint density at radius 3 is 2.15 bits per heavy atom. The fourth-order valence-corrected chi connectivity index (χ4v) is 1.15. The number of hydrogen-bond acceptors (Lipinski definition) is 1. The van der Waals surface area contributed by atoms with E-state index in [9.17, 15) is 0 Å². The van der Waals surface area contributed by atoms with Crippen molar-refractivity contribution in [3.05, 3.63) is 34.9 Å². The summed E-state index contributed by atoms with van der Waals surface area (Å²) in [5, 5.41) is 0. The lowest BCUT2D eigenvalue weighted by Crippen LogP contribution is -1.78. The van der Waals surface area contributed by atoms with E-state index in [1.807, 2.05) is 19.9 Å². The normalized spacial score (nSPS) is 9.23. The summed E-state index contributed by atoms with van der Waals surface area (Å²) in [6, 6.07) is 6.18. The highest BCUT2D eigenvalue weighted by molar-refractivity contribution is 5.65. The fourth-order valence-electron chi connectivity index (χ4n) is 1.15. The lowest BCUT2D eigenvalue weighted by atomic mass is 10.1. The number of aliphatic imine (C=N–C) groups is 1. The van der Waals surface area contributed by atoms with E-state index >= 15 is 0 Å². The van der Waals surface area contributed by atoms with Gasteiger partial charge in [0.25, 0.3) is 0 Å². The number of rotatable bonds is 1. The standard InChI is InChI=1S/C12H15N/c1-9(2)8-13-12-10(3)6-5-7-11(12)4/h5-7H,1-4H3. The molecule has 0 radical (unpaired) electrons. The smallest absolute Gasteiger partial charge is 0.0787 e. The quantitative estimate of drug-likeness (QED) is 0.576. The predicted octanol–water partition coefficient (Wildman–Crippen LogP) is 3.57. The molecule has 1 heteroatoms. The van der Waals surface area contributed by atoms with E-state index in [0.717, 1.165) is 11.3 Å². The highest BCUT2D eigenvalue weighted by Crippen LogP contribution is 2.21. The van der Waals surface area contributed by atoms with Crippen molar-refractivity contribution in [2.75, 3.05) is 0 Å². The monoisotopic (exact) mass is 173 g/mol. The zero-order chi connectivity index (χ0) is 9.84. The lowest BCUT2D eigenvalue weighted by molar-refractivity contribution is 1.33. The van der Waals surface area contributed by atoms with Gasteiger partial charge in [0.2, 0.25) is 0 Å². The van der Waals surface area contributed by atoms with E-state index in [1.54, 1.807) is 0 Å². The molecule has 0 heterocycles. The van der Waals surface area contributed by atoms with Crippen LogP contribution in [0.3, 0.4) is 0 Å². The molecular formula is C12H15N. The number of hydrogen-bond donors (Lipinski definition) is 0. The first-order valence-corrected chi connectivity index (χ1v) is 4.44. The van der Waals surface area contributed by atoms with E-state index < -0.39 is 0 Å². The highest BCUT2D eigenvalue weighted by atomic mass is 14.7. The Hall–Kier alpha value is -1.33. The van der Waals surface area contributed by atoms with Gasteiger partial charge in [-0.05, 0) is 50.3 Å². The van der Waals surface area contributed by atoms with Crippen molar-refractivity contribution in [1.29, 1.82) is 0 Å². The topological polar surface area (TPSA) is 12.4 Å². The van der Waals surface area contributed by atoms with Crippen LogP contribution in [0.15, 0.2) is 28.8 Å². The van der Waals surface area contributed by atoms with Gasteiger partial charge < -0.3 is 0 Å². The molecule has 0 spiro atoms. The minimum Gasteiger partial charge on any atom is -0.206 e. The second kappa shape index (κ2) is 4.06. The summed E-state index contributed by atoms with van der Waals surface area (Å²) in [6.45, 7) is 8.13. The van der Waals surface area contributed by atoms with Gasteiger partial charge in [0.1, 0.15) is 0 Å². The van der Waals surface area contributed by atoms with Crippen molar-refractivity contribution in [3.8, 4) is 0 Å². The summed E-state index contributed by atoms with van der Waals surface area (Å²) >= 11 is 0. The van der Waals surface area contributed by atoms with Gasteiger partial charge in [0.15, 0.2) is 0 Å². The third-order valence-electron chi connectivity index (χ3n) is 1.83. The maximum Gasteiger partial charge on any atom is 0.0787 e. The number of nitrogens with zero attached hydrogens (tertiary/aromatic N) is 1. The third-order valence-corrected chi connectivity index (χ3v) is 1.83. The second-order valence-electron chi connectivity index (χ2n) is 3.46. The number of aryl methyl sites for hydroxylation is 2. The van der Waals surface area contributed by atoms with Crippen molar-refractivity contribution in [3.63, 3.8) is 0 Å². The lowest BCUT2D eigenvalue weighted by Gasteiger charge is -2.01. The summed E-state index contributed by atoms with van der Waals surface area (Å²) in [5.41, 5.74) is 4.55. The van der Waals surface area contributed by atoms with Gasteiger partial charge >= 0.3 is 0 Å². The van der Waals surface area contributed by atoms with Gasteiger partial charge in [-0.2, -0.15) is 0 Å². The van der Waals surface area contributed by atoms with Crippen LogP contribution >= 0.6 is 0 Å². The maximum absolute atomic E-state index is 4.32. The van der Waals surface area contributed by atoms with Gasteiger partial charge in [-0.1, -0.05) is 18.2 Å². The summed E-state index contributed by atoms with van der Waals surface area (Å²) < 4.78 is 0. The van der Waals surface area contributed by atoms with Crippen LogP contribution in [0, 0.1) is 13.8 Å². The SMILES string of the molecule is CC(C)=C=Nc1c(C)cccc1C. The molecule has 1 rings (SSSR count). The Balaban J connectivity index is 3.22. The van der Waals surface area contributed by atoms with Gasteiger partial charge in [-0.3, -0.25) is 0 Å². The Bertz CT molecular complexity index is 344. The van der Waals surface area contributed by atoms with Crippen molar-refractivity contribution >= 4 is 11.6 Å². The number of benzene rings is 1. The average Bonchev–Trinajstić information content (AvgIpc) is 2.03. The molecule has 0 aliphatic heterocycles. The Labute approximate surface area is 79.8 Å². The molecule has 0 aromatic heterocycles. The van der Waals surface area contributed by atoms with Gasteiger partial charge in [-0.15, -0.1) is 0 Å². The van der Waals surface area contributed by atoms with Gasteiger partial charge in [0.05, 0.1) is 5.69 Å². The van der Waals surface area contributed by atoms with Crippen LogP contribution in [-0.4, -0.2) is 5.87 Å². The predicted molar refractivity (Wildman–Crippen MR) is 57.9 cm³/mol. The molecule has 0 atom stereocenters. The van der Waals surface area contributed by atoms with E-state index in [1.165, 1.54) is 11.1 Å². The maximum atomic E-state index is 4.32. The minimum atomic E-state index is 1.05. The molecule has 0 amide bonds. The Kier molecular flexibility index (Phi) is 3.05. The molecule has 0 aliphatic carbocycles. The highest BCUT2D eigenvalue weighted by Gasteiger charge is 1.97. The number of allylic oxidation sites excluding steroid dienone is 1. The molecule has 0 N–H and O–H groups in total. The Morgan fingerprint density at radius 2 is 1.69 bits per heavy atom. The van der Waals surface area contributed by atoms with Crippen molar-refractivity contribution in [1.82, 2.24) is 0 Å². The van der Waals surface area contributed by atoms with Crippen LogP contribution in [0.25, 0.3) is 0 Å². The molecule has 1 aromatic rings. The molecule has 0 bridgehead atoms. The summed E-state index contributed by atoms with van der Waals surface area (Å²) in [5.74, 6) is 2.99. The third kappa shape index (κ3) is 2.57. The molecule has 1 nitrogen and oxygen atoms in total. The zero-order valence-electron chi connectivity index (χ0n) is 8.68. The van der Waals surface area contributed by atoms with Crippen LogP contribution in [0.2, 0.25) is 0 Å².